The Balaban J connectivity index is 4.31. The van der Waals surface area contributed by atoms with E-state index in [0.717, 1.165) is 0 Å². The number of esters is 1. The van der Waals surface area contributed by atoms with Crippen LogP contribution in [-0.4, -0.2) is 38.9 Å². The molecule has 0 bridgehead atoms. The van der Waals surface area contributed by atoms with Gasteiger partial charge >= 0.3 is 11.9 Å². The molecule has 6 heteroatoms. The molecule has 0 amide bonds. The second-order valence-corrected chi connectivity index (χ2v) is 5.46. The highest BCUT2D eigenvalue weighted by molar-refractivity contribution is 7.87. The first-order chi connectivity index (χ1) is 7.38. The fourth-order valence-electron chi connectivity index (χ4n) is 1.02. The average Bonchev–Trinajstić information content (AvgIpc) is 2.14. The molecule has 2 unspecified atom stereocenters. The van der Waals surface area contributed by atoms with E-state index >= 15 is 0 Å². The highest BCUT2D eigenvalue weighted by atomic mass is 32.2. The van der Waals surface area contributed by atoms with Gasteiger partial charge in [0.05, 0.1) is 6.61 Å². The standard InChI is InChI=1S/C10H18O5S/c1-4-8(16(14)6-9(11)12)10(13)15-5-7(2)3/h7-8H,4-6H2,1-3H3,(H,11,12). The highest BCUT2D eigenvalue weighted by Gasteiger charge is 2.26. The predicted octanol–water partition coefficient (Wildman–Crippen LogP) is 0.798. The predicted molar refractivity (Wildman–Crippen MR) is 60.5 cm³/mol. The smallest absolute Gasteiger partial charge is 0.321 e. The zero-order chi connectivity index (χ0) is 12.7. The number of aliphatic carboxylic acids is 1. The monoisotopic (exact) mass is 250 g/mol. The maximum Gasteiger partial charge on any atom is 0.321 e. The summed E-state index contributed by atoms with van der Waals surface area (Å²) in [6, 6.07) is 0. The molecule has 2 atom stereocenters. The first-order valence-corrected chi connectivity index (χ1v) is 6.52. The third kappa shape index (κ3) is 5.85. The zero-order valence-electron chi connectivity index (χ0n) is 9.76. The van der Waals surface area contributed by atoms with Crippen molar-refractivity contribution in [2.45, 2.75) is 32.4 Å². The Morgan fingerprint density at radius 1 is 1.38 bits per heavy atom. The van der Waals surface area contributed by atoms with Gasteiger partial charge in [0, 0.05) is 10.8 Å². The number of hydrogen-bond donors (Lipinski definition) is 1. The van der Waals surface area contributed by atoms with Gasteiger partial charge < -0.3 is 9.84 Å². The van der Waals surface area contributed by atoms with E-state index in [2.05, 4.69) is 0 Å². The summed E-state index contributed by atoms with van der Waals surface area (Å²) in [6.07, 6.45) is 0.316. The molecular weight excluding hydrogens is 232 g/mol. The summed E-state index contributed by atoms with van der Waals surface area (Å²) < 4.78 is 16.4. The van der Waals surface area contributed by atoms with Gasteiger partial charge in [0.1, 0.15) is 11.0 Å². The molecule has 0 aliphatic rings. The van der Waals surface area contributed by atoms with Crippen LogP contribution in [0.4, 0.5) is 0 Å². The second-order valence-electron chi connectivity index (χ2n) is 3.84. The average molecular weight is 250 g/mol. The molecular formula is C10H18O5S. The lowest BCUT2D eigenvalue weighted by molar-refractivity contribution is -0.144. The van der Waals surface area contributed by atoms with E-state index in [-0.39, 0.29) is 12.5 Å². The summed E-state index contributed by atoms with van der Waals surface area (Å²) >= 11 is 0. The molecule has 0 aromatic rings. The van der Waals surface area contributed by atoms with E-state index in [1.807, 2.05) is 13.8 Å². The third-order valence-corrected chi connectivity index (χ3v) is 3.47. The number of carboxylic acid groups (broad SMARTS) is 1. The van der Waals surface area contributed by atoms with Crippen molar-refractivity contribution in [2.75, 3.05) is 12.4 Å². The minimum Gasteiger partial charge on any atom is -0.481 e. The summed E-state index contributed by atoms with van der Waals surface area (Å²) in [5.41, 5.74) is 0. The zero-order valence-corrected chi connectivity index (χ0v) is 10.6. The largest absolute Gasteiger partial charge is 0.481 e. The van der Waals surface area contributed by atoms with Crippen molar-refractivity contribution >= 4 is 22.7 Å². The minimum atomic E-state index is -1.71. The Labute approximate surface area is 97.6 Å². The van der Waals surface area contributed by atoms with Crippen LogP contribution in [0.15, 0.2) is 0 Å². The molecule has 0 radical (unpaired) electrons. The van der Waals surface area contributed by atoms with Crippen molar-refractivity contribution in [2.24, 2.45) is 5.92 Å². The summed E-state index contributed by atoms with van der Waals surface area (Å²) in [7, 11) is -1.71. The van der Waals surface area contributed by atoms with Crippen LogP contribution >= 0.6 is 0 Å². The number of rotatable bonds is 7. The maximum absolute atomic E-state index is 11.5. The van der Waals surface area contributed by atoms with E-state index in [1.54, 1.807) is 6.92 Å². The summed E-state index contributed by atoms with van der Waals surface area (Å²) in [6.45, 7) is 5.73. The molecule has 0 saturated heterocycles. The van der Waals surface area contributed by atoms with E-state index in [1.165, 1.54) is 0 Å². The van der Waals surface area contributed by atoms with Gasteiger partial charge in [0.25, 0.3) is 0 Å². The molecule has 0 aromatic carbocycles. The normalized spacial score (nSPS) is 14.5. The SMILES string of the molecule is CCC(C(=O)OCC(C)C)S(=O)CC(=O)O. The fraction of sp³-hybridized carbons (Fsp3) is 0.800. The fourth-order valence-corrected chi connectivity index (χ4v) is 2.12. The van der Waals surface area contributed by atoms with Gasteiger partial charge in [-0.25, -0.2) is 0 Å². The van der Waals surface area contributed by atoms with Crippen LogP contribution in [0.1, 0.15) is 27.2 Å². The first kappa shape index (κ1) is 15.1. The van der Waals surface area contributed by atoms with Gasteiger partial charge in [0.15, 0.2) is 0 Å². The highest BCUT2D eigenvalue weighted by Crippen LogP contribution is 2.06. The van der Waals surface area contributed by atoms with Crippen molar-refractivity contribution in [1.82, 2.24) is 0 Å². The van der Waals surface area contributed by atoms with E-state index in [0.29, 0.717) is 6.42 Å². The molecule has 0 rings (SSSR count). The Bertz CT molecular complexity index is 274. The molecule has 0 saturated carbocycles. The lowest BCUT2D eigenvalue weighted by atomic mass is 10.2. The Kier molecular flexibility index (Phi) is 6.96. The molecule has 0 spiro atoms. The number of ether oxygens (including phenoxy) is 1. The van der Waals surface area contributed by atoms with Gasteiger partial charge in [0.2, 0.25) is 0 Å². The molecule has 1 N–H and O–H groups in total. The topological polar surface area (TPSA) is 80.7 Å². The van der Waals surface area contributed by atoms with Crippen LogP contribution in [0.25, 0.3) is 0 Å². The van der Waals surface area contributed by atoms with Crippen LogP contribution in [-0.2, 0) is 25.1 Å². The summed E-state index contributed by atoms with van der Waals surface area (Å²) in [5.74, 6) is -2.06. The van der Waals surface area contributed by atoms with Crippen LogP contribution in [0.2, 0.25) is 0 Å². The number of carbonyl (C=O) groups is 2. The molecule has 0 aromatic heterocycles. The van der Waals surface area contributed by atoms with Crippen LogP contribution < -0.4 is 0 Å². The lowest BCUT2D eigenvalue weighted by Gasteiger charge is -2.14. The number of carboxylic acids is 1. The minimum absolute atomic E-state index is 0.203. The molecule has 16 heavy (non-hydrogen) atoms. The molecule has 94 valence electrons. The van der Waals surface area contributed by atoms with Gasteiger partial charge in [-0.05, 0) is 12.3 Å². The van der Waals surface area contributed by atoms with Crippen molar-refractivity contribution in [3.8, 4) is 0 Å². The quantitative estimate of drug-likeness (QED) is 0.676. The van der Waals surface area contributed by atoms with Crippen LogP contribution in [0, 0.1) is 5.92 Å². The Morgan fingerprint density at radius 3 is 2.31 bits per heavy atom. The molecule has 0 aliphatic carbocycles. The van der Waals surface area contributed by atoms with E-state index < -0.39 is 33.7 Å². The maximum atomic E-state index is 11.5. The van der Waals surface area contributed by atoms with Crippen LogP contribution in [0.5, 0.6) is 0 Å². The first-order valence-electron chi connectivity index (χ1n) is 5.14. The van der Waals surface area contributed by atoms with Crippen molar-refractivity contribution in [3.63, 3.8) is 0 Å². The molecule has 0 fully saturated rings. The molecule has 0 aliphatic heterocycles. The molecule has 5 nitrogen and oxygen atoms in total. The van der Waals surface area contributed by atoms with E-state index in [4.69, 9.17) is 9.84 Å². The van der Waals surface area contributed by atoms with E-state index in [9.17, 15) is 13.8 Å². The number of hydrogen-bond acceptors (Lipinski definition) is 4. The Morgan fingerprint density at radius 2 is 1.94 bits per heavy atom. The van der Waals surface area contributed by atoms with Crippen molar-refractivity contribution in [3.05, 3.63) is 0 Å². The van der Waals surface area contributed by atoms with Crippen molar-refractivity contribution < 1.29 is 23.6 Å². The van der Waals surface area contributed by atoms with Gasteiger partial charge in [-0.15, -0.1) is 0 Å². The van der Waals surface area contributed by atoms with Crippen LogP contribution in [0.3, 0.4) is 0 Å². The van der Waals surface area contributed by atoms with Gasteiger partial charge in [-0.2, -0.15) is 0 Å². The second kappa shape index (κ2) is 7.38. The van der Waals surface area contributed by atoms with Crippen molar-refractivity contribution in [1.29, 1.82) is 0 Å². The Hall–Kier alpha value is -0.910. The van der Waals surface area contributed by atoms with Gasteiger partial charge in [-0.1, -0.05) is 20.8 Å². The molecule has 0 heterocycles. The lowest BCUT2D eigenvalue weighted by Crippen LogP contribution is -2.31. The number of carbonyl (C=O) groups excluding carboxylic acids is 1. The third-order valence-electron chi connectivity index (χ3n) is 1.78. The summed E-state index contributed by atoms with van der Waals surface area (Å²) in [5, 5.41) is 7.64. The van der Waals surface area contributed by atoms with Gasteiger partial charge in [-0.3, -0.25) is 13.8 Å². The summed E-state index contributed by atoms with van der Waals surface area (Å²) in [4.78, 5) is 21.9.